The maximum absolute atomic E-state index is 12.0. The van der Waals surface area contributed by atoms with Gasteiger partial charge >= 0.3 is 0 Å². The quantitative estimate of drug-likeness (QED) is 0.631. The summed E-state index contributed by atoms with van der Waals surface area (Å²) in [5.74, 6) is 0.00856. The van der Waals surface area contributed by atoms with E-state index < -0.39 is 5.41 Å². The molecule has 1 heterocycles. The van der Waals surface area contributed by atoms with E-state index in [1.54, 1.807) is 7.11 Å². The van der Waals surface area contributed by atoms with E-state index in [1.165, 1.54) is 0 Å². The number of carbonyl (C=O) groups is 1. The van der Waals surface area contributed by atoms with Gasteiger partial charge in [-0.25, -0.2) is 0 Å². The fourth-order valence-corrected chi connectivity index (χ4v) is 1.87. The largest absolute Gasteiger partial charge is 0.385 e. The van der Waals surface area contributed by atoms with Crippen molar-refractivity contribution >= 4 is 5.91 Å². The molecule has 0 saturated carbocycles. The summed E-state index contributed by atoms with van der Waals surface area (Å²) in [6.45, 7) is 4.24. The Bertz CT molecular complexity index is 248. The molecular formula is C12H24N2O3. The molecule has 0 radical (unpaired) electrons. The SMILES string of the molecule is COCCCCCNC(=O)C1(C)COCC1N. The van der Waals surface area contributed by atoms with Crippen molar-refractivity contribution in [3.8, 4) is 0 Å². The molecule has 0 bridgehead atoms. The van der Waals surface area contributed by atoms with E-state index in [9.17, 15) is 4.79 Å². The van der Waals surface area contributed by atoms with Crippen molar-refractivity contribution < 1.29 is 14.3 Å². The molecule has 3 N–H and O–H groups in total. The predicted molar refractivity (Wildman–Crippen MR) is 65.6 cm³/mol. The van der Waals surface area contributed by atoms with E-state index in [2.05, 4.69) is 5.32 Å². The Morgan fingerprint density at radius 1 is 1.53 bits per heavy atom. The Kier molecular flexibility index (Phi) is 5.88. The number of unbranched alkanes of at least 4 members (excludes halogenated alkanes) is 2. The normalized spacial score (nSPS) is 28.3. The average Bonchev–Trinajstić information content (AvgIpc) is 2.65. The Morgan fingerprint density at radius 2 is 2.29 bits per heavy atom. The molecule has 2 atom stereocenters. The summed E-state index contributed by atoms with van der Waals surface area (Å²) in [6.07, 6.45) is 3.07. The summed E-state index contributed by atoms with van der Waals surface area (Å²) in [6, 6.07) is -0.198. The highest BCUT2D eigenvalue weighted by atomic mass is 16.5. The first kappa shape index (κ1) is 14.4. The number of ether oxygens (including phenoxy) is 2. The number of hydrogen-bond acceptors (Lipinski definition) is 4. The second kappa shape index (κ2) is 6.93. The van der Waals surface area contributed by atoms with Gasteiger partial charge in [-0.2, -0.15) is 0 Å². The monoisotopic (exact) mass is 244 g/mol. The van der Waals surface area contributed by atoms with Gasteiger partial charge in [-0.05, 0) is 26.2 Å². The molecule has 0 aliphatic carbocycles. The van der Waals surface area contributed by atoms with Gasteiger partial charge in [-0.1, -0.05) is 0 Å². The molecule has 1 saturated heterocycles. The average molecular weight is 244 g/mol. The summed E-state index contributed by atoms with van der Waals surface area (Å²) in [5, 5.41) is 2.93. The smallest absolute Gasteiger partial charge is 0.229 e. The standard InChI is InChI=1S/C12H24N2O3/c1-12(9-17-8-10(12)13)11(15)14-6-4-3-5-7-16-2/h10H,3-9,13H2,1-2H3,(H,14,15). The Morgan fingerprint density at radius 3 is 2.88 bits per heavy atom. The van der Waals surface area contributed by atoms with Crippen molar-refractivity contribution in [3.63, 3.8) is 0 Å². The minimum Gasteiger partial charge on any atom is -0.385 e. The number of nitrogens with one attached hydrogen (secondary N) is 1. The highest BCUT2D eigenvalue weighted by molar-refractivity contribution is 5.83. The first-order valence-corrected chi connectivity index (χ1v) is 6.22. The molecule has 1 aliphatic heterocycles. The number of carbonyl (C=O) groups excluding carboxylic acids is 1. The molecule has 1 rings (SSSR count). The summed E-state index contributed by atoms with van der Waals surface area (Å²) in [4.78, 5) is 12.0. The van der Waals surface area contributed by atoms with Crippen LogP contribution < -0.4 is 11.1 Å². The second-order valence-electron chi connectivity index (χ2n) is 4.85. The van der Waals surface area contributed by atoms with Gasteiger partial charge in [0.05, 0.1) is 18.6 Å². The molecular weight excluding hydrogens is 220 g/mol. The minimum atomic E-state index is -0.563. The summed E-state index contributed by atoms with van der Waals surface area (Å²) >= 11 is 0. The zero-order valence-electron chi connectivity index (χ0n) is 10.8. The molecule has 0 spiro atoms. The zero-order chi connectivity index (χ0) is 12.7. The summed E-state index contributed by atoms with van der Waals surface area (Å²) < 4.78 is 10.2. The van der Waals surface area contributed by atoms with Crippen LogP contribution >= 0.6 is 0 Å². The lowest BCUT2D eigenvalue weighted by Crippen LogP contribution is -2.50. The van der Waals surface area contributed by atoms with Crippen LogP contribution in [0.4, 0.5) is 0 Å². The van der Waals surface area contributed by atoms with Crippen molar-refractivity contribution in [2.45, 2.75) is 32.2 Å². The minimum absolute atomic E-state index is 0.00856. The highest BCUT2D eigenvalue weighted by Gasteiger charge is 2.43. The third-order valence-electron chi connectivity index (χ3n) is 3.35. The van der Waals surface area contributed by atoms with Gasteiger partial charge in [0, 0.05) is 26.3 Å². The molecule has 17 heavy (non-hydrogen) atoms. The third-order valence-corrected chi connectivity index (χ3v) is 3.35. The van der Waals surface area contributed by atoms with Crippen LogP contribution in [-0.4, -0.2) is 45.4 Å². The second-order valence-corrected chi connectivity index (χ2v) is 4.85. The molecule has 0 aromatic carbocycles. The molecule has 5 nitrogen and oxygen atoms in total. The lowest BCUT2D eigenvalue weighted by molar-refractivity contribution is -0.130. The van der Waals surface area contributed by atoms with Crippen LogP contribution in [0.5, 0.6) is 0 Å². The molecule has 1 aliphatic rings. The maximum atomic E-state index is 12.0. The van der Waals surface area contributed by atoms with Crippen LogP contribution in [0.25, 0.3) is 0 Å². The third kappa shape index (κ3) is 3.94. The van der Waals surface area contributed by atoms with Crippen LogP contribution in [0.1, 0.15) is 26.2 Å². The van der Waals surface area contributed by atoms with Crippen LogP contribution in [-0.2, 0) is 14.3 Å². The van der Waals surface area contributed by atoms with Crippen molar-refractivity contribution in [1.82, 2.24) is 5.32 Å². The van der Waals surface area contributed by atoms with E-state index in [0.29, 0.717) is 19.8 Å². The molecule has 100 valence electrons. The summed E-state index contributed by atoms with van der Waals surface area (Å²) in [7, 11) is 1.70. The van der Waals surface area contributed by atoms with Crippen LogP contribution in [0.3, 0.4) is 0 Å². The highest BCUT2D eigenvalue weighted by Crippen LogP contribution is 2.26. The Balaban J connectivity index is 2.16. The first-order chi connectivity index (χ1) is 8.11. The van der Waals surface area contributed by atoms with Crippen LogP contribution in [0.15, 0.2) is 0 Å². The van der Waals surface area contributed by atoms with Gasteiger partial charge in [0.15, 0.2) is 0 Å². The summed E-state index contributed by atoms with van der Waals surface area (Å²) in [5.41, 5.74) is 5.32. The van der Waals surface area contributed by atoms with Gasteiger partial charge in [-0.3, -0.25) is 4.79 Å². The Labute approximate surface area is 103 Å². The van der Waals surface area contributed by atoms with Crippen LogP contribution in [0.2, 0.25) is 0 Å². The Hall–Kier alpha value is -0.650. The fourth-order valence-electron chi connectivity index (χ4n) is 1.87. The first-order valence-electron chi connectivity index (χ1n) is 6.22. The molecule has 0 aromatic heterocycles. The molecule has 5 heteroatoms. The molecule has 1 amide bonds. The predicted octanol–water partition coefficient (Wildman–Crippen LogP) is 0.283. The van der Waals surface area contributed by atoms with Gasteiger partial charge in [-0.15, -0.1) is 0 Å². The number of methoxy groups -OCH3 is 1. The lowest BCUT2D eigenvalue weighted by atomic mass is 9.85. The van der Waals surface area contributed by atoms with Gasteiger partial charge in [0.2, 0.25) is 5.91 Å². The number of rotatable bonds is 7. The maximum Gasteiger partial charge on any atom is 0.229 e. The van der Waals surface area contributed by atoms with Gasteiger partial charge < -0.3 is 20.5 Å². The van der Waals surface area contributed by atoms with E-state index in [1.807, 2.05) is 6.92 Å². The van der Waals surface area contributed by atoms with E-state index in [0.717, 1.165) is 25.9 Å². The molecule has 2 unspecified atom stereocenters. The zero-order valence-corrected chi connectivity index (χ0v) is 10.8. The van der Waals surface area contributed by atoms with Crippen molar-refractivity contribution in [3.05, 3.63) is 0 Å². The number of hydrogen-bond donors (Lipinski definition) is 2. The van der Waals surface area contributed by atoms with Crippen molar-refractivity contribution in [2.24, 2.45) is 11.1 Å². The van der Waals surface area contributed by atoms with E-state index in [-0.39, 0.29) is 11.9 Å². The van der Waals surface area contributed by atoms with Crippen molar-refractivity contribution in [2.75, 3.05) is 33.5 Å². The number of amides is 1. The van der Waals surface area contributed by atoms with Gasteiger partial charge in [0.1, 0.15) is 0 Å². The topological polar surface area (TPSA) is 73.6 Å². The molecule has 1 fully saturated rings. The lowest BCUT2D eigenvalue weighted by Gasteiger charge is -2.25. The number of nitrogens with two attached hydrogens (primary N) is 1. The van der Waals surface area contributed by atoms with Gasteiger partial charge in [0.25, 0.3) is 0 Å². The molecule has 0 aromatic rings. The van der Waals surface area contributed by atoms with Crippen LogP contribution in [0, 0.1) is 5.41 Å². The fraction of sp³-hybridized carbons (Fsp3) is 0.917. The van der Waals surface area contributed by atoms with E-state index >= 15 is 0 Å². The van der Waals surface area contributed by atoms with E-state index in [4.69, 9.17) is 15.2 Å². The van der Waals surface area contributed by atoms with Crippen molar-refractivity contribution in [1.29, 1.82) is 0 Å².